The number of nitrogens with zero attached hydrogens (tertiary/aromatic N) is 2. The standard InChI is InChI=1S/C19H15F5N2/c1-19(2)10-6-4-5-7-11(10)26(3)12(19)8-9-25-18-16(23)14(21)13(20)15(22)17(18)24/h4-9H,1-3H3/b12-8+,25-9?. The van der Waals surface area contributed by atoms with Gasteiger partial charge in [0.25, 0.3) is 0 Å². The summed E-state index contributed by atoms with van der Waals surface area (Å²) in [5.41, 5.74) is 1.17. The Balaban J connectivity index is 2.02. The first-order chi connectivity index (χ1) is 12.2. The van der Waals surface area contributed by atoms with Crippen LogP contribution in [0.2, 0.25) is 0 Å². The number of hydrogen-bond acceptors (Lipinski definition) is 2. The summed E-state index contributed by atoms with van der Waals surface area (Å²) in [5, 5.41) is 0. The van der Waals surface area contributed by atoms with Gasteiger partial charge in [-0.1, -0.05) is 32.0 Å². The SMILES string of the molecule is CN1/C(=C/C=Nc2c(F)c(F)c(F)c(F)c2F)C(C)(C)c2ccccc21. The fourth-order valence-corrected chi connectivity index (χ4v) is 3.19. The van der Waals surface area contributed by atoms with E-state index >= 15 is 0 Å². The van der Waals surface area contributed by atoms with Crippen LogP contribution in [0, 0.1) is 29.1 Å². The van der Waals surface area contributed by atoms with Crippen molar-refractivity contribution >= 4 is 17.6 Å². The summed E-state index contributed by atoms with van der Waals surface area (Å²) in [7, 11) is 1.83. The molecule has 2 aromatic carbocycles. The highest BCUT2D eigenvalue weighted by atomic mass is 19.2. The Bertz CT molecular complexity index is 918. The maximum absolute atomic E-state index is 13.7. The van der Waals surface area contributed by atoms with Crippen molar-refractivity contribution in [2.24, 2.45) is 4.99 Å². The molecule has 0 bridgehead atoms. The van der Waals surface area contributed by atoms with E-state index in [9.17, 15) is 22.0 Å². The molecule has 2 aromatic rings. The predicted octanol–water partition coefficient (Wildman–Crippen LogP) is 5.40. The van der Waals surface area contributed by atoms with Crippen LogP contribution in [-0.4, -0.2) is 13.3 Å². The first-order valence-electron chi connectivity index (χ1n) is 7.77. The summed E-state index contributed by atoms with van der Waals surface area (Å²) >= 11 is 0. The quantitative estimate of drug-likeness (QED) is 0.301. The Labute approximate surface area is 147 Å². The molecule has 26 heavy (non-hydrogen) atoms. The molecule has 1 aliphatic rings. The van der Waals surface area contributed by atoms with Gasteiger partial charge in [-0.25, -0.2) is 22.0 Å². The summed E-state index contributed by atoms with van der Waals surface area (Å²) in [4.78, 5) is 5.36. The minimum absolute atomic E-state index is 0.409. The van der Waals surface area contributed by atoms with Crippen molar-refractivity contribution in [2.45, 2.75) is 19.3 Å². The molecule has 0 aliphatic carbocycles. The van der Waals surface area contributed by atoms with Crippen LogP contribution in [0.15, 0.2) is 41.0 Å². The molecule has 0 saturated heterocycles. The molecule has 0 amide bonds. The monoisotopic (exact) mass is 366 g/mol. The zero-order chi connectivity index (χ0) is 19.2. The number of allylic oxidation sites excluding steroid dienone is 2. The van der Waals surface area contributed by atoms with Gasteiger partial charge in [0.05, 0.1) is 0 Å². The lowest BCUT2D eigenvalue weighted by Crippen LogP contribution is -2.23. The summed E-state index contributed by atoms with van der Waals surface area (Å²) < 4.78 is 66.9. The van der Waals surface area contributed by atoms with Crippen LogP contribution in [0.25, 0.3) is 0 Å². The first-order valence-corrected chi connectivity index (χ1v) is 7.77. The van der Waals surface area contributed by atoms with Crippen LogP contribution in [-0.2, 0) is 5.41 Å². The van der Waals surface area contributed by atoms with Crippen LogP contribution in [0.1, 0.15) is 19.4 Å². The van der Waals surface area contributed by atoms with Gasteiger partial charge < -0.3 is 4.90 Å². The fourth-order valence-electron chi connectivity index (χ4n) is 3.19. The third kappa shape index (κ3) is 2.58. The van der Waals surface area contributed by atoms with Crippen molar-refractivity contribution in [1.82, 2.24) is 0 Å². The lowest BCUT2D eigenvalue weighted by molar-refractivity contribution is 0.381. The van der Waals surface area contributed by atoms with Gasteiger partial charge in [0.2, 0.25) is 5.82 Å². The van der Waals surface area contributed by atoms with E-state index in [1.54, 1.807) is 0 Å². The van der Waals surface area contributed by atoms with Crippen LogP contribution >= 0.6 is 0 Å². The highest BCUT2D eigenvalue weighted by molar-refractivity contribution is 5.81. The first kappa shape index (κ1) is 18.1. The topological polar surface area (TPSA) is 15.6 Å². The predicted molar refractivity (Wildman–Crippen MR) is 90.3 cm³/mol. The minimum atomic E-state index is -2.20. The molecule has 0 aromatic heterocycles. The second-order valence-corrected chi connectivity index (χ2v) is 6.45. The number of aliphatic imine (C=N–C) groups is 1. The molecule has 7 heteroatoms. The maximum Gasteiger partial charge on any atom is 0.200 e. The fraction of sp³-hybridized carbons (Fsp3) is 0.211. The van der Waals surface area contributed by atoms with Crippen molar-refractivity contribution in [3.63, 3.8) is 0 Å². The number of anilines is 1. The second kappa shape index (κ2) is 6.23. The van der Waals surface area contributed by atoms with E-state index in [4.69, 9.17) is 0 Å². The van der Waals surface area contributed by atoms with Gasteiger partial charge in [-0.2, -0.15) is 0 Å². The number of halogens is 5. The van der Waals surface area contributed by atoms with E-state index in [1.807, 2.05) is 50.1 Å². The van der Waals surface area contributed by atoms with Crippen molar-refractivity contribution in [3.05, 3.63) is 70.7 Å². The van der Waals surface area contributed by atoms with Gasteiger partial charge in [0.1, 0.15) is 5.69 Å². The molecular formula is C19H15F5N2. The van der Waals surface area contributed by atoms with Crippen LogP contribution in [0.5, 0.6) is 0 Å². The van der Waals surface area contributed by atoms with Crippen molar-refractivity contribution < 1.29 is 22.0 Å². The lowest BCUT2D eigenvalue weighted by Gasteiger charge is -2.23. The molecule has 3 rings (SSSR count). The summed E-state index contributed by atoms with van der Waals surface area (Å²) in [5.74, 6) is -10.2. The van der Waals surface area contributed by atoms with Crippen LogP contribution < -0.4 is 4.90 Å². The van der Waals surface area contributed by atoms with Crippen molar-refractivity contribution in [2.75, 3.05) is 11.9 Å². The van der Waals surface area contributed by atoms with Gasteiger partial charge in [0, 0.05) is 30.1 Å². The Morgan fingerprint density at radius 3 is 2.00 bits per heavy atom. The molecule has 0 N–H and O–H groups in total. The molecule has 0 saturated carbocycles. The van der Waals surface area contributed by atoms with E-state index in [0.717, 1.165) is 23.2 Å². The number of rotatable bonds is 2. The molecule has 0 fully saturated rings. The average Bonchev–Trinajstić information content (AvgIpc) is 2.82. The normalized spacial score (nSPS) is 17.4. The second-order valence-electron chi connectivity index (χ2n) is 6.45. The molecule has 136 valence electrons. The third-order valence-electron chi connectivity index (χ3n) is 4.56. The molecule has 0 radical (unpaired) electrons. The van der Waals surface area contributed by atoms with Crippen molar-refractivity contribution in [3.8, 4) is 0 Å². The number of benzene rings is 2. The Kier molecular flexibility index (Phi) is 4.34. The zero-order valence-electron chi connectivity index (χ0n) is 14.2. The molecule has 2 nitrogen and oxygen atoms in total. The van der Waals surface area contributed by atoms with Gasteiger partial charge in [-0.15, -0.1) is 0 Å². The Morgan fingerprint density at radius 2 is 1.42 bits per heavy atom. The highest BCUT2D eigenvalue weighted by Gasteiger charge is 2.37. The third-order valence-corrected chi connectivity index (χ3v) is 4.56. The van der Waals surface area contributed by atoms with Gasteiger partial charge in [0.15, 0.2) is 23.3 Å². The van der Waals surface area contributed by atoms with Gasteiger partial charge >= 0.3 is 0 Å². The number of hydrogen-bond donors (Lipinski definition) is 0. The smallest absolute Gasteiger partial charge is 0.200 e. The van der Waals surface area contributed by atoms with E-state index in [1.165, 1.54) is 6.08 Å². The minimum Gasteiger partial charge on any atom is -0.347 e. The molecule has 0 unspecified atom stereocenters. The van der Waals surface area contributed by atoms with E-state index in [-0.39, 0.29) is 0 Å². The lowest BCUT2D eigenvalue weighted by atomic mass is 9.84. The zero-order valence-corrected chi connectivity index (χ0v) is 14.2. The average molecular weight is 366 g/mol. The van der Waals surface area contributed by atoms with Gasteiger partial charge in [-0.05, 0) is 17.7 Å². The summed E-state index contributed by atoms with van der Waals surface area (Å²) in [6.45, 7) is 3.93. The molecule has 0 atom stereocenters. The summed E-state index contributed by atoms with van der Waals surface area (Å²) in [6, 6.07) is 7.69. The summed E-state index contributed by atoms with van der Waals surface area (Å²) in [6.07, 6.45) is 2.54. The molecule has 0 spiro atoms. The molecule has 1 heterocycles. The number of para-hydroxylation sites is 1. The Morgan fingerprint density at radius 1 is 0.885 bits per heavy atom. The van der Waals surface area contributed by atoms with Crippen molar-refractivity contribution in [1.29, 1.82) is 0 Å². The van der Waals surface area contributed by atoms with E-state index in [2.05, 4.69) is 4.99 Å². The molecule has 1 aliphatic heterocycles. The van der Waals surface area contributed by atoms with E-state index < -0.39 is 40.2 Å². The Hall–Kier alpha value is -2.70. The maximum atomic E-state index is 13.7. The van der Waals surface area contributed by atoms with Crippen LogP contribution in [0.3, 0.4) is 0 Å². The van der Waals surface area contributed by atoms with Gasteiger partial charge in [-0.3, -0.25) is 4.99 Å². The number of fused-ring (bicyclic) bond motifs is 1. The highest BCUT2D eigenvalue weighted by Crippen LogP contribution is 2.46. The molecular weight excluding hydrogens is 351 g/mol. The van der Waals surface area contributed by atoms with Crippen LogP contribution in [0.4, 0.5) is 33.3 Å². The largest absolute Gasteiger partial charge is 0.347 e. The van der Waals surface area contributed by atoms with E-state index in [0.29, 0.717) is 0 Å². The number of likely N-dealkylation sites (N-methyl/N-ethyl adjacent to an activating group) is 1.